The van der Waals surface area contributed by atoms with Crippen LogP contribution in [0.25, 0.3) is 0 Å². The molecule has 7 heteroatoms. The number of aryl methyl sites for hydroxylation is 2. The normalized spacial score (nSPS) is 15.2. The van der Waals surface area contributed by atoms with Crippen LogP contribution < -0.4 is 0 Å². The van der Waals surface area contributed by atoms with Crippen LogP contribution in [0.3, 0.4) is 0 Å². The summed E-state index contributed by atoms with van der Waals surface area (Å²) < 4.78 is 42.2. The van der Waals surface area contributed by atoms with Gasteiger partial charge >= 0.3 is 0 Å². The van der Waals surface area contributed by atoms with Gasteiger partial charge in [-0.25, -0.2) is 12.8 Å². The van der Waals surface area contributed by atoms with Gasteiger partial charge in [-0.05, 0) is 44.4 Å². The molecule has 1 fully saturated rings. The number of rotatable bonds is 6. The Labute approximate surface area is 142 Å². The lowest BCUT2D eigenvalue weighted by molar-refractivity contribution is 0.396. The predicted molar refractivity (Wildman–Crippen MR) is 90.3 cm³/mol. The Kier molecular flexibility index (Phi) is 4.48. The average molecular weight is 351 g/mol. The first-order valence-corrected chi connectivity index (χ1v) is 9.62. The average Bonchev–Trinajstić information content (AvgIpc) is 3.30. The molecule has 0 spiro atoms. The van der Waals surface area contributed by atoms with Crippen LogP contribution >= 0.6 is 0 Å². The van der Waals surface area contributed by atoms with Crippen molar-refractivity contribution in [2.24, 2.45) is 7.05 Å². The van der Waals surface area contributed by atoms with Gasteiger partial charge in [0.15, 0.2) is 0 Å². The Morgan fingerprint density at radius 2 is 1.88 bits per heavy atom. The molecular weight excluding hydrogens is 329 g/mol. The Morgan fingerprint density at radius 3 is 2.38 bits per heavy atom. The second-order valence-corrected chi connectivity index (χ2v) is 8.35. The van der Waals surface area contributed by atoms with Crippen molar-refractivity contribution in [2.45, 2.75) is 45.0 Å². The largest absolute Gasteiger partial charge is 0.272 e. The molecule has 1 heterocycles. The lowest BCUT2D eigenvalue weighted by Crippen LogP contribution is -2.34. The van der Waals surface area contributed by atoms with E-state index in [1.807, 2.05) is 20.9 Å². The van der Waals surface area contributed by atoms with Crippen molar-refractivity contribution < 1.29 is 12.8 Å². The molecule has 1 aromatic heterocycles. The molecule has 1 aliphatic carbocycles. The van der Waals surface area contributed by atoms with E-state index in [1.165, 1.54) is 24.3 Å². The third-order valence-corrected chi connectivity index (χ3v) is 6.39. The molecule has 1 aromatic carbocycles. The summed E-state index contributed by atoms with van der Waals surface area (Å²) in [6.45, 7) is 4.20. The summed E-state index contributed by atoms with van der Waals surface area (Å²) in [5, 5.41) is 4.37. The van der Waals surface area contributed by atoms with Crippen molar-refractivity contribution in [1.82, 2.24) is 14.1 Å². The molecule has 2 aromatic rings. The first-order chi connectivity index (χ1) is 11.3. The molecule has 24 heavy (non-hydrogen) atoms. The van der Waals surface area contributed by atoms with Crippen molar-refractivity contribution in [3.8, 4) is 0 Å². The van der Waals surface area contributed by atoms with E-state index in [9.17, 15) is 12.8 Å². The van der Waals surface area contributed by atoms with E-state index < -0.39 is 10.0 Å². The summed E-state index contributed by atoms with van der Waals surface area (Å²) in [6.07, 6.45) is 1.78. The number of hydrogen-bond donors (Lipinski definition) is 0. The van der Waals surface area contributed by atoms with Gasteiger partial charge in [0.05, 0.1) is 11.4 Å². The minimum atomic E-state index is -3.47. The van der Waals surface area contributed by atoms with Gasteiger partial charge < -0.3 is 0 Å². The molecule has 0 saturated heterocycles. The van der Waals surface area contributed by atoms with Crippen LogP contribution in [0, 0.1) is 19.7 Å². The van der Waals surface area contributed by atoms with Crippen LogP contribution in [0.4, 0.5) is 4.39 Å². The highest BCUT2D eigenvalue weighted by Crippen LogP contribution is 2.33. The third kappa shape index (κ3) is 3.52. The SMILES string of the molecule is Cc1nn(C)c(C)c1CN(C1CC1)S(=O)(=O)Cc1ccc(F)cc1. The second kappa shape index (κ2) is 6.29. The molecule has 3 rings (SSSR count). The van der Waals surface area contributed by atoms with Gasteiger partial charge in [-0.2, -0.15) is 9.40 Å². The van der Waals surface area contributed by atoms with Crippen molar-refractivity contribution >= 4 is 10.0 Å². The zero-order chi connectivity index (χ0) is 17.5. The van der Waals surface area contributed by atoms with Crippen LogP contribution in [0.2, 0.25) is 0 Å². The minimum absolute atomic E-state index is 0.0643. The molecule has 0 atom stereocenters. The van der Waals surface area contributed by atoms with Crippen LogP contribution in [0.15, 0.2) is 24.3 Å². The second-order valence-electron chi connectivity index (χ2n) is 6.43. The standard InChI is InChI=1S/C17H22FN3O2S/c1-12-17(13(2)20(3)19-12)10-21(16-8-9-16)24(22,23)11-14-4-6-15(18)7-5-14/h4-7,16H,8-11H2,1-3H3. The summed E-state index contributed by atoms with van der Waals surface area (Å²) >= 11 is 0. The minimum Gasteiger partial charge on any atom is -0.272 e. The van der Waals surface area contributed by atoms with Gasteiger partial charge in [0.2, 0.25) is 10.0 Å². The topological polar surface area (TPSA) is 55.2 Å². The van der Waals surface area contributed by atoms with E-state index in [0.29, 0.717) is 12.1 Å². The first-order valence-electron chi connectivity index (χ1n) is 8.01. The molecule has 0 N–H and O–H groups in total. The van der Waals surface area contributed by atoms with E-state index in [-0.39, 0.29) is 17.6 Å². The van der Waals surface area contributed by atoms with Gasteiger partial charge in [0.1, 0.15) is 5.82 Å². The summed E-state index contributed by atoms with van der Waals surface area (Å²) in [6, 6.07) is 5.70. The third-order valence-electron chi connectivity index (χ3n) is 4.55. The van der Waals surface area contributed by atoms with Crippen LogP contribution in [0.5, 0.6) is 0 Å². The van der Waals surface area contributed by atoms with Gasteiger partial charge in [0, 0.05) is 30.9 Å². The van der Waals surface area contributed by atoms with E-state index in [1.54, 1.807) is 8.99 Å². The highest BCUT2D eigenvalue weighted by Gasteiger charge is 2.38. The highest BCUT2D eigenvalue weighted by atomic mass is 32.2. The number of sulfonamides is 1. The summed E-state index contributed by atoms with van der Waals surface area (Å²) in [4.78, 5) is 0. The molecule has 0 amide bonds. The molecule has 1 aliphatic rings. The Morgan fingerprint density at radius 1 is 1.25 bits per heavy atom. The number of halogens is 1. The van der Waals surface area contributed by atoms with Gasteiger partial charge in [-0.1, -0.05) is 12.1 Å². The maximum Gasteiger partial charge on any atom is 0.218 e. The lowest BCUT2D eigenvalue weighted by Gasteiger charge is -2.22. The predicted octanol–water partition coefficient (Wildman–Crippen LogP) is 2.67. The molecular formula is C17H22FN3O2S. The molecule has 0 radical (unpaired) electrons. The van der Waals surface area contributed by atoms with Crippen LogP contribution in [-0.4, -0.2) is 28.5 Å². The van der Waals surface area contributed by atoms with E-state index in [0.717, 1.165) is 29.8 Å². The molecule has 0 aliphatic heterocycles. The van der Waals surface area contributed by atoms with Crippen molar-refractivity contribution in [1.29, 1.82) is 0 Å². The maximum atomic E-state index is 13.0. The van der Waals surface area contributed by atoms with Gasteiger partial charge in [-0.15, -0.1) is 0 Å². The quantitative estimate of drug-likeness (QED) is 0.804. The molecule has 1 saturated carbocycles. The maximum absolute atomic E-state index is 13.0. The fraction of sp³-hybridized carbons (Fsp3) is 0.471. The number of aromatic nitrogens is 2. The monoisotopic (exact) mass is 351 g/mol. The van der Waals surface area contributed by atoms with Crippen LogP contribution in [-0.2, 0) is 29.4 Å². The Bertz CT molecular complexity index is 839. The fourth-order valence-electron chi connectivity index (χ4n) is 2.89. The highest BCUT2D eigenvalue weighted by molar-refractivity contribution is 7.88. The number of benzene rings is 1. The van der Waals surface area contributed by atoms with Gasteiger partial charge in [-0.3, -0.25) is 4.68 Å². The van der Waals surface area contributed by atoms with E-state index in [2.05, 4.69) is 5.10 Å². The van der Waals surface area contributed by atoms with Gasteiger partial charge in [0.25, 0.3) is 0 Å². The van der Waals surface area contributed by atoms with Crippen LogP contribution in [0.1, 0.15) is 35.4 Å². The number of hydrogen-bond acceptors (Lipinski definition) is 3. The van der Waals surface area contributed by atoms with Crippen molar-refractivity contribution in [2.75, 3.05) is 0 Å². The van der Waals surface area contributed by atoms with E-state index >= 15 is 0 Å². The molecule has 130 valence electrons. The molecule has 0 bridgehead atoms. The lowest BCUT2D eigenvalue weighted by atomic mass is 10.2. The van der Waals surface area contributed by atoms with E-state index in [4.69, 9.17) is 0 Å². The Hall–Kier alpha value is -1.73. The smallest absolute Gasteiger partial charge is 0.218 e. The fourth-order valence-corrected chi connectivity index (χ4v) is 4.66. The molecule has 5 nitrogen and oxygen atoms in total. The summed E-state index contributed by atoms with van der Waals surface area (Å²) in [5.41, 5.74) is 3.40. The van der Waals surface area contributed by atoms with Crippen molar-refractivity contribution in [3.05, 3.63) is 52.6 Å². The zero-order valence-electron chi connectivity index (χ0n) is 14.2. The number of nitrogens with zero attached hydrogens (tertiary/aromatic N) is 3. The zero-order valence-corrected chi connectivity index (χ0v) is 15.0. The summed E-state index contributed by atoms with van der Waals surface area (Å²) in [5.74, 6) is -0.473. The Balaban J connectivity index is 1.85. The first kappa shape index (κ1) is 17.1. The van der Waals surface area contributed by atoms with Crippen molar-refractivity contribution in [3.63, 3.8) is 0 Å². The summed E-state index contributed by atoms with van der Waals surface area (Å²) in [7, 11) is -1.61. The molecule has 0 unspecified atom stereocenters.